The van der Waals surface area contributed by atoms with Crippen molar-refractivity contribution in [3.8, 4) is 0 Å². The molecule has 21 heavy (non-hydrogen) atoms. The van der Waals surface area contributed by atoms with Crippen molar-refractivity contribution in [2.75, 3.05) is 11.4 Å². The van der Waals surface area contributed by atoms with Crippen molar-refractivity contribution >= 4 is 33.4 Å². The van der Waals surface area contributed by atoms with Gasteiger partial charge in [-0.1, -0.05) is 23.9 Å². The van der Waals surface area contributed by atoms with Crippen molar-refractivity contribution < 1.29 is 17.8 Å². The Morgan fingerprint density at radius 3 is 2.76 bits per heavy atom. The monoisotopic (exact) mass is 325 g/mol. The fourth-order valence-corrected chi connectivity index (χ4v) is 3.42. The molecule has 2 rings (SSSR count). The molecule has 5 nitrogen and oxygen atoms in total. The minimum absolute atomic E-state index is 0.0780. The Kier molecular flexibility index (Phi) is 4.55. The second-order valence-electron chi connectivity index (χ2n) is 4.66. The molecule has 0 spiro atoms. The molecule has 0 bridgehead atoms. The number of anilines is 1. The molecule has 0 saturated heterocycles. The van der Waals surface area contributed by atoms with E-state index in [1.807, 2.05) is 30.0 Å². The maximum absolute atomic E-state index is 11.3. The minimum atomic E-state index is -4.14. The predicted molar refractivity (Wildman–Crippen MR) is 83.8 cm³/mol. The highest BCUT2D eigenvalue weighted by atomic mass is 32.2. The van der Waals surface area contributed by atoms with Gasteiger partial charge in [0, 0.05) is 17.5 Å². The molecular weight excluding hydrogens is 310 g/mol. The van der Waals surface area contributed by atoms with E-state index >= 15 is 0 Å². The molecule has 0 radical (unpaired) electrons. The third-order valence-electron chi connectivity index (χ3n) is 2.77. The SMILES string of the molecule is CC(=O)/C=C1/Sc2ccc(C)cc2N1C/C=C/S(=O)(=O)O. The highest BCUT2D eigenvalue weighted by Gasteiger charge is 2.24. The first-order chi connectivity index (χ1) is 9.76. The molecule has 112 valence electrons. The van der Waals surface area contributed by atoms with Crippen LogP contribution in [0.25, 0.3) is 0 Å². The van der Waals surface area contributed by atoms with Crippen LogP contribution in [0.5, 0.6) is 0 Å². The summed E-state index contributed by atoms with van der Waals surface area (Å²) in [5.74, 6) is -0.0780. The topological polar surface area (TPSA) is 74.7 Å². The van der Waals surface area contributed by atoms with E-state index < -0.39 is 10.1 Å². The number of benzene rings is 1. The molecule has 1 aliphatic rings. The van der Waals surface area contributed by atoms with Gasteiger partial charge >= 0.3 is 0 Å². The number of aryl methyl sites for hydroxylation is 1. The van der Waals surface area contributed by atoms with E-state index in [0.29, 0.717) is 0 Å². The standard InChI is InChI=1S/C14H15NO4S2/c1-10-4-5-13-12(8-10)15(6-3-7-21(17,18)19)14(20-13)9-11(2)16/h3-5,7-9H,6H2,1-2H3,(H,17,18,19)/b7-3+,14-9+. The fourth-order valence-electron chi connectivity index (χ4n) is 1.95. The Morgan fingerprint density at radius 1 is 1.43 bits per heavy atom. The molecule has 1 N–H and O–H groups in total. The number of nitrogens with zero attached hydrogens (tertiary/aromatic N) is 1. The lowest BCUT2D eigenvalue weighted by Crippen LogP contribution is -2.18. The van der Waals surface area contributed by atoms with Gasteiger partial charge < -0.3 is 4.90 Å². The summed E-state index contributed by atoms with van der Waals surface area (Å²) in [5, 5.41) is 1.49. The van der Waals surface area contributed by atoms with Crippen LogP contribution in [0.4, 0.5) is 5.69 Å². The molecule has 0 unspecified atom stereocenters. The molecule has 1 aliphatic heterocycles. The van der Waals surface area contributed by atoms with Crippen molar-refractivity contribution in [2.24, 2.45) is 0 Å². The van der Waals surface area contributed by atoms with Gasteiger partial charge in [0.15, 0.2) is 5.78 Å². The molecule has 0 atom stereocenters. The van der Waals surface area contributed by atoms with Crippen LogP contribution in [-0.4, -0.2) is 25.3 Å². The first-order valence-corrected chi connectivity index (χ1v) is 8.50. The summed E-state index contributed by atoms with van der Waals surface area (Å²) in [6, 6.07) is 5.93. The zero-order valence-corrected chi connectivity index (χ0v) is 13.2. The summed E-state index contributed by atoms with van der Waals surface area (Å²) in [7, 11) is -4.14. The number of hydrogen-bond acceptors (Lipinski definition) is 5. The van der Waals surface area contributed by atoms with Crippen LogP contribution in [0.3, 0.4) is 0 Å². The molecular formula is C14H15NO4S2. The Morgan fingerprint density at radius 2 is 2.14 bits per heavy atom. The predicted octanol–water partition coefficient (Wildman–Crippen LogP) is 2.74. The molecule has 1 aromatic carbocycles. The molecule has 0 fully saturated rings. The van der Waals surface area contributed by atoms with E-state index in [0.717, 1.165) is 26.6 Å². The number of carbonyl (C=O) groups excluding carboxylic acids is 1. The smallest absolute Gasteiger partial charge is 0.287 e. The molecule has 0 aliphatic carbocycles. The van der Waals surface area contributed by atoms with Crippen molar-refractivity contribution in [3.05, 3.63) is 46.4 Å². The molecule has 1 aromatic rings. The van der Waals surface area contributed by atoms with Crippen molar-refractivity contribution in [1.29, 1.82) is 0 Å². The van der Waals surface area contributed by atoms with Crippen LogP contribution in [-0.2, 0) is 14.9 Å². The molecule has 7 heteroatoms. The highest BCUT2D eigenvalue weighted by Crippen LogP contribution is 2.46. The molecule has 1 heterocycles. The quantitative estimate of drug-likeness (QED) is 0.678. The first kappa shape index (κ1) is 15.8. The van der Waals surface area contributed by atoms with Gasteiger partial charge in [-0.3, -0.25) is 9.35 Å². The number of hydrogen-bond donors (Lipinski definition) is 1. The van der Waals surface area contributed by atoms with Crippen molar-refractivity contribution in [1.82, 2.24) is 0 Å². The third kappa shape index (κ3) is 4.20. The lowest BCUT2D eigenvalue weighted by atomic mass is 10.2. The number of carbonyl (C=O) groups is 1. The van der Waals surface area contributed by atoms with E-state index in [2.05, 4.69) is 0 Å². The van der Waals surface area contributed by atoms with Crippen LogP contribution in [0.2, 0.25) is 0 Å². The third-order valence-corrected chi connectivity index (χ3v) is 4.42. The molecule has 0 aromatic heterocycles. The van der Waals surface area contributed by atoms with Crippen molar-refractivity contribution in [3.63, 3.8) is 0 Å². The Hall–Kier alpha value is -1.57. The average Bonchev–Trinajstić information content (AvgIpc) is 2.65. The van der Waals surface area contributed by atoms with E-state index in [9.17, 15) is 13.2 Å². The van der Waals surface area contributed by atoms with Gasteiger partial charge in [-0.2, -0.15) is 8.42 Å². The zero-order chi connectivity index (χ0) is 15.6. The summed E-state index contributed by atoms with van der Waals surface area (Å²) >= 11 is 1.46. The second kappa shape index (κ2) is 6.05. The normalized spacial score (nSPS) is 16.7. The van der Waals surface area contributed by atoms with E-state index in [-0.39, 0.29) is 12.3 Å². The highest BCUT2D eigenvalue weighted by molar-refractivity contribution is 8.03. The Balaban J connectivity index is 2.35. The maximum Gasteiger partial charge on any atom is 0.287 e. The van der Waals surface area contributed by atoms with E-state index in [1.54, 1.807) is 0 Å². The van der Waals surface area contributed by atoms with Crippen LogP contribution < -0.4 is 4.90 Å². The Bertz CT molecular complexity index is 735. The first-order valence-electron chi connectivity index (χ1n) is 6.18. The number of allylic oxidation sites excluding steroid dienone is 1. The maximum atomic E-state index is 11.3. The van der Waals surface area contributed by atoms with Gasteiger partial charge in [-0.15, -0.1) is 0 Å². The minimum Gasteiger partial charge on any atom is -0.331 e. The lowest BCUT2D eigenvalue weighted by molar-refractivity contribution is -0.112. The van der Waals surface area contributed by atoms with E-state index in [1.165, 1.54) is 30.8 Å². The van der Waals surface area contributed by atoms with Crippen LogP contribution in [0.15, 0.2) is 45.7 Å². The summed E-state index contributed by atoms with van der Waals surface area (Å²) in [6.07, 6.45) is 2.86. The van der Waals surface area contributed by atoms with Gasteiger partial charge in [0.1, 0.15) is 0 Å². The van der Waals surface area contributed by atoms with Gasteiger partial charge in [0.2, 0.25) is 0 Å². The number of fused-ring (bicyclic) bond motifs is 1. The van der Waals surface area contributed by atoms with Crippen LogP contribution in [0.1, 0.15) is 12.5 Å². The van der Waals surface area contributed by atoms with Gasteiger partial charge in [-0.05, 0) is 31.5 Å². The zero-order valence-electron chi connectivity index (χ0n) is 11.6. The average molecular weight is 325 g/mol. The summed E-state index contributed by atoms with van der Waals surface area (Å²) in [4.78, 5) is 14.2. The summed E-state index contributed by atoms with van der Waals surface area (Å²) < 4.78 is 30.2. The number of ketones is 1. The number of rotatable bonds is 4. The van der Waals surface area contributed by atoms with Gasteiger partial charge in [0.25, 0.3) is 10.1 Å². The molecule has 0 amide bonds. The number of thioether (sulfide) groups is 1. The fraction of sp³-hybridized carbons (Fsp3) is 0.214. The van der Waals surface area contributed by atoms with Gasteiger partial charge in [-0.25, -0.2) is 0 Å². The second-order valence-corrected chi connectivity index (χ2v) is 7.03. The van der Waals surface area contributed by atoms with Crippen molar-refractivity contribution in [2.45, 2.75) is 18.7 Å². The summed E-state index contributed by atoms with van der Waals surface area (Å²) in [6.45, 7) is 3.68. The largest absolute Gasteiger partial charge is 0.331 e. The van der Waals surface area contributed by atoms with Crippen LogP contribution >= 0.6 is 11.8 Å². The van der Waals surface area contributed by atoms with Gasteiger partial charge in [0.05, 0.1) is 16.1 Å². The summed E-state index contributed by atoms with van der Waals surface area (Å²) in [5.41, 5.74) is 2.00. The van der Waals surface area contributed by atoms with E-state index in [4.69, 9.17) is 4.55 Å². The Labute approximate surface area is 128 Å². The lowest BCUT2D eigenvalue weighted by Gasteiger charge is -2.18. The van der Waals surface area contributed by atoms with Crippen LogP contribution in [0, 0.1) is 6.92 Å². The molecule has 0 saturated carbocycles.